The fourth-order valence-corrected chi connectivity index (χ4v) is 2.52. The molecule has 0 saturated heterocycles. The topological polar surface area (TPSA) is 87.3 Å². The Morgan fingerprint density at radius 3 is 2.12 bits per heavy atom. The zero-order valence-electron chi connectivity index (χ0n) is 14.8. The van der Waals surface area contributed by atoms with Crippen molar-refractivity contribution in [2.24, 2.45) is 0 Å². The number of anilines is 1. The van der Waals surface area contributed by atoms with Gasteiger partial charge in [-0.25, -0.2) is 14.8 Å². The van der Waals surface area contributed by atoms with Gasteiger partial charge in [0.1, 0.15) is 5.75 Å². The summed E-state index contributed by atoms with van der Waals surface area (Å²) < 4.78 is 10.00. The van der Waals surface area contributed by atoms with Crippen LogP contribution in [0.4, 0.5) is 5.69 Å². The van der Waals surface area contributed by atoms with Gasteiger partial charge in [0.05, 0.1) is 25.6 Å². The smallest absolute Gasteiger partial charge is 0.358 e. The van der Waals surface area contributed by atoms with Crippen molar-refractivity contribution in [3.63, 3.8) is 0 Å². The lowest BCUT2D eigenvalue weighted by Crippen LogP contribution is -2.12. The van der Waals surface area contributed by atoms with E-state index in [1.54, 1.807) is 19.2 Å². The Labute approximate surface area is 151 Å². The molecule has 132 valence electrons. The fraction of sp³-hybridized carbons (Fsp3) is 0.150. The molecule has 3 rings (SSSR count). The van der Waals surface area contributed by atoms with E-state index >= 15 is 0 Å². The highest BCUT2D eigenvalue weighted by atomic mass is 16.5. The highest BCUT2D eigenvalue weighted by Crippen LogP contribution is 2.30. The molecule has 0 bridgehead atoms. The molecule has 26 heavy (non-hydrogen) atoms. The highest BCUT2D eigenvalue weighted by Gasteiger charge is 2.20. The van der Waals surface area contributed by atoms with Crippen molar-refractivity contribution in [2.45, 2.75) is 6.92 Å². The maximum absolute atomic E-state index is 12.1. The van der Waals surface area contributed by atoms with Crippen LogP contribution in [0.1, 0.15) is 16.1 Å². The van der Waals surface area contributed by atoms with E-state index in [4.69, 9.17) is 15.2 Å². The van der Waals surface area contributed by atoms with Crippen molar-refractivity contribution in [2.75, 3.05) is 20.0 Å². The Kier molecular flexibility index (Phi) is 4.84. The Hall–Kier alpha value is -3.41. The van der Waals surface area contributed by atoms with Gasteiger partial charge in [-0.2, -0.15) is 0 Å². The second-order valence-corrected chi connectivity index (χ2v) is 5.74. The average molecular weight is 349 g/mol. The first-order valence-corrected chi connectivity index (χ1v) is 8.00. The van der Waals surface area contributed by atoms with Gasteiger partial charge in [0.2, 0.25) is 0 Å². The van der Waals surface area contributed by atoms with E-state index in [1.165, 1.54) is 7.11 Å². The highest BCUT2D eigenvalue weighted by molar-refractivity contribution is 5.97. The maximum Gasteiger partial charge on any atom is 0.358 e. The van der Waals surface area contributed by atoms with Gasteiger partial charge in [0, 0.05) is 11.1 Å². The van der Waals surface area contributed by atoms with E-state index in [-0.39, 0.29) is 11.4 Å². The van der Waals surface area contributed by atoms with E-state index in [0.29, 0.717) is 11.5 Å². The van der Waals surface area contributed by atoms with E-state index in [2.05, 4.69) is 9.97 Å². The largest absolute Gasteiger partial charge is 0.497 e. The molecule has 6 heteroatoms. The van der Waals surface area contributed by atoms with Crippen LogP contribution in [0.5, 0.6) is 5.75 Å². The first-order valence-electron chi connectivity index (χ1n) is 8.00. The summed E-state index contributed by atoms with van der Waals surface area (Å²) in [6.07, 6.45) is 0. The van der Waals surface area contributed by atoms with Crippen molar-refractivity contribution in [1.82, 2.24) is 9.97 Å². The van der Waals surface area contributed by atoms with Gasteiger partial charge in [-0.15, -0.1) is 0 Å². The molecular weight excluding hydrogens is 330 g/mol. The number of methoxy groups -OCH3 is 2. The maximum atomic E-state index is 12.1. The molecule has 3 aromatic rings. The molecule has 1 aromatic heterocycles. The molecule has 0 spiro atoms. The number of hydrogen-bond acceptors (Lipinski definition) is 6. The molecule has 0 saturated carbocycles. The van der Waals surface area contributed by atoms with Crippen molar-refractivity contribution in [3.8, 4) is 28.4 Å². The summed E-state index contributed by atoms with van der Waals surface area (Å²) in [4.78, 5) is 21.1. The lowest BCUT2D eigenvalue weighted by atomic mass is 10.1. The molecule has 0 fully saturated rings. The zero-order valence-corrected chi connectivity index (χ0v) is 14.8. The zero-order chi connectivity index (χ0) is 18.7. The number of carbonyl (C=O) groups excluding carboxylic acids is 1. The Bertz CT molecular complexity index is 936. The van der Waals surface area contributed by atoms with Crippen LogP contribution in [-0.2, 0) is 4.74 Å². The number of aryl methyl sites for hydroxylation is 1. The molecule has 6 nitrogen and oxygen atoms in total. The van der Waals surface area contributed by atoms with Crippen LogP contribution in [-0.4, -0.2) is 30.2 Å². The summed E-state index contributed by atoms with van der Waals surface area (Å²) in [5.41, 5.74) is 9.56. The number of nitrogens with two attached hydrogens (primary N) is 1. The van der Waals surface area contributed by atoms with Crippen molar-refractivity contribution in [1.29, 1.82) is 0 Å². The van der Waals surface area contributed by atoms with Gasteiger partial charge < -0.3 is 15.2 Å². The lowest BCUT2D eigenvalue weighted by Gasteiger charge is -2.12. The van der Waals surface area contributed by atoms with Gasteiger partial charge >= 0.3 is 5.97 Å². The number of esters is 1. The molecule has 1 heterocycles. The van der Waals surface area contributed by atoms with Crippen LogP contribution >= 0.6 is 0 Å². The standard InChI is InChI=1S/C20H19N3O3/c1-12-4-6-13(7-5-12)17-16(21)18(20(24)26-3)23-19(22-17)14-8-10-15(25-2)11-9-14/h4-11H,21H2,1-3H3. The quantitative estimate of drug-likeness (QED) is 0.726. The number of aromatic nitrogens is 2. The number of nitrogens with zero attached hydrogens (tertiary/aromatic N) is 2. The number of nitrogen functional groups attached to an aromatic ring is 1. The fourth-order valence-electron chi connectivity index (χ4n) is 2.52. The number of benzene rings is 2. The number of ether oxygens (including phenoxy) is 2. The van der Waals surface area contributed by atoms with Crippen LogP contribution in [0.2, 0.25) is 0 Å². The average Bonchev–Trinajstić information content (AvgIpc) is 2.68. The number of hydrogen-bond donors (Lipinski definition) is 1. The normalized spacial score (nSPS) is 10.4. The second kappa shape index (κ2) is 7.23. The molecule has 2 aromatic carbocycles. The van der Waals surface area contributed by atoms with Crippen LogP contribution in [0, 0.1) is 6.92 Å². The summed E-state index contributed by atoms with van der Waals surface area (Å²) in [7, 11) is 2.89. The summed E-state index contributed by atoms with van der Waals surface area (Å²) in [5, 5.41) is 0. The Morgan fingerprint density at radius 1 is 0.923 bits per heavy atom. The summed E-state index contributed by atoms with van der Waals surface area (Å²) in [6.45, 7) is 2.00. The first-order chi connectivity index (χ1) is 12.5. The number of carbonyl (C=O) groups is 1. The van der Waals surface area contributed by atoms with Crippen LogP contribution in [0.25, 0.3) is 22.6 Å². The van der Waals surface area contributed by atoms with Crippen molar-refractivity contribution in [3.05, 3.63) is 59.8 Å². The monoisotopic (exact) mass is 349 g/mol. The van der Waals surface area contributed by atoms with Gasteiger partial charge in [-0.3, -0.25) is 0 Å². The molecule has 0 unspecified atom stereocenters. The lowest BCUT2D eigenvalue weighted by molar-refractivity contribution is 0.0595. The SMILES string of the molecule is COC(=O)c1nc(-c2ccc(OC)cc2)nc(-c2ccc(C)cc2)c1N. The molecule has 0 aliphatic rings. The van der Waals surface area contributed by atoms with E-state index < -0.39 is 5.97 Å². The minimum atomic E-state index is -0.604. The van der Waals surface area contributed by atoms with Crippen molar-refractivity contribution < 1.29 is 14.3 Å². The van der Waals surface area contributed by atoms with E-state index in [1.807, 2.05) is 43.3 Å². The van der Waals surface area contributed by atoms with Gasteiger partial charge in [-0.05, 0) is 31.2 Å². The second-order valence-electron chi connectivity index (χ2n) is 5.74. The minimum absolute atomic E-state index is 0.0453. The van der Waals surface area contributed by atoms with Crippen molar-refractivity contribution >= 4 is 11.7 Å². The predicted molar refractivity (Wildman–Crippen MR) is 99.9 cm³/mol. The summed E-state index contributed by atoms with van der Waals surface area (Å²) in [5.74, 6) is 0.502. The van der Waals surface area contributed by atoms with Crippen LogP contribution in [0.3, 0.4) is 0 Å². The molecule has 0 radical (unpaired) electrons. The Morgan fingerprint density at radius 2 is 1.54 bits per heavy atom. The third-order valence-corrected chi connectivity index (χ3v) is 4.00. The van der Waals surface area contributed by atoms with E-state index in [0.717, 1.165) is 22.4 Å². The Balaban J connectivity index is 2.19. The number of rotatable bonds is 4. The molecule has 0 aliphatic heterocycles. The predicted octanol–water partition coefficient (Wildman–Crippen LogP) is 3.50. The first kappa shape index (κ1) is 17.4. The van der Waals surface area contributed by atoms with Gasteiger partial charge in [0.25, 0.3) is 0 Å². The molecule has 0 atom stereocenters. The summed E-state index contributed by atoms with van der Waals surface area (Å²) >= 11 is 0. The van der Waals surface area contributed by atoms with Gasteiger partial charge in [0.15, 0.2) is 11.5 Å². The molecular formula is C20H19N3O3. The van der Waals surface area contributed by atoms with Crippen LogP contribution < -0.4 is 10.5 Å². The minimum Gasteiger partial charge on any atom is -0.497 e. The third kappa shape index (κ3) is 3.35. The molecule has 2 N–H and O–H groups in total. The van der Waals surface area contributed by atoms with Crippen LogP contribution in [0.15, 0.2) is 48.5 Å². The summed E-state index contributed by atoms with van der Waals surface area (Å²) in [6, 6.07) is 15.0. The molecule has 0 aliphatic carbocycles. The van der Waals surface area contributed by atoms with Gasteiger partial charge in [-0.1, -0.05) is 29.8 Å². The molecule has 0 amide bonds. The third-order valence-electron chi connectivity index (χ3n) is 4.00. The van der Waals surface area contributed by atoms with E-state index in [9.17, 15) is 4.79 Å².